The van der Waals surface area contributed by atoms with Crippen molar-refractivity contribution in [3.8, 4) is 23.0 Å². The number of fused-ring (bicyclic) bond motifs is 3. The number of hydrogen-bond acceptors (Lipinski definition) is 7. The predicted octanol–water partition coefficient (Wildman–Crippen LogP) is 2.89. The van der Waals surface area contributed by atoms with Crippen molar-refractivity contribution in [3.63, 3.8) is 0 Å². The van der Waals surface area contributed by atoms with Gasteiger partial charge in [-0.3, -0.25) is 9.13 Å². The van der Waals surface area contributed by atoms with Crippen molar-refractivity contribution in [3.05, 3.63) is 60.6 Å². The molecule has 9 heteroatoms. The number of rotatable bonds is 4. The zero-order valence-corrected chi connectivity index (χ0v) is 17.4. The zero-order chi connectivity index (χ0) is 20.9. The molecular weight excluding hydrogens is 392 g/mol. The summed E-state index contributed by atoms with van der Waals surface area (Å²) >= 11 is 0. The summed E-state index contributed by atoms with van der Waals surface area (Å²) in [5, 5.41) is 8.83. The monoisotopic (exact) mass is 414 g/mol. The van der Waals surface area contributed by atoms with Gasteiger partial charge in [-0.05, 0) is 13.3 Å². The number of aryl methyl sites for hydroxylation is 1. The van der Waals surface area contributed by atoms with E-state index in [2.05, 4.69) is 31.6 Å². The summed E-state index contributed by atoms with van der Waals surface area (Å²) in [5.74, 6) is 4.05. The van der Waals surface area contributed by atoms with Crippen LogP contribution in [0.2, 0.25) is 0 Å². The van der Waals surface area contributed by atoms with E-state index >= 15 is 0 Å². The quantitative estimate of drug-likeness (QED) is 0.507. The van der Waals surface area contributed by atoms with Crippen molar-refractivity contribution < 1.29 is 4.74 Å². The van der Waals surface area contributed by atoms with Crippen molar-refractivity contribution in [1.82, 2.24) is 34.3 Å². The average Bonchev–Trinajstić information content (AvgIpc) is 3.40. The first kappa shape index (κ1) is 18.2. The summed E-state index contributed by atoms with van der Waals surface area (Å²) in [6, 6.07) is 10.4. The molecule has 0 bridgehead atoms. The molecule has 0 saturated carbocycles. The highest BCUT2D eigenvalue weighted by Gasteiger charge is 2.41. The highest BCUT2D eigenvalue weighted by atomic mass is 16.5. The third-order valence-corrected chi connectivity index (χ3v) is 6.00. The second kappa shape index (κ2) is 6.98. The van der Waals surface area contributed by atoms with E-state index in [9.17, 15) is 0 Å². The molecule has 156 valence electrons. The van der Waals surface area contributed by atoms with E-state index < -0.39 is 0 Å². The molecule has 0 radical (unpaired) electrons. The molecule has 0 N–H and O–H groups in total. The van der Waals surface area contributed by atoms with Crippen LogP contribution in [0, 0.1) is 6.92 Å². The van der Waals surface area contributed by atoms with Gasteiger partial charge in [-0.15, -0.1) is 10.2 Å². The van der Waals surface area contributed by atoms with E-state index in [1.807, 2.05) is 54.2 Å². The maximum absolute atomic E-state index is 5.53. The Morgan fingerprint density at radius 2 is 1.94 bits per heavy atom. The van der Waals surface area contributed by atoms with Gasteiger partial charge in [0, 0.05) is 18.0 Å². The minimum Gasteiger partial charge on any atom is -0.377 e. The molecule has 0 unspecified atom stereocenters. The Hall–Kier alpha value is -3.59. The molecule has 0 amide bonds. The molecule has 31 heavy (non-hydrogen) atoms. The van der Waals surface area contributed by atoms with Crippen LogP contribution in [-0.4, -0.2) is 53.5 Å². The molecule has 2 aliphatic rings. The summed E-state index contributed by atoms with van der Waals surface area (Å²) in [7, 11) is 0. The van der Waals surface area contributed by atoms with Gasteiger partial charge in [0.1, 0.15) is 17.3 Å². The number of imidazole rings is 1. The fourth-order valence-electron chi connectivity index (χ4n) is 4.44. The van der Waals surface area contributed by atoms with E-state index in [1.54, 1.807) is 6.20 Å². The number of anilines is 1. The Bertz CT molecular complexity index is 1240. The number of nitrogens with zero attached hydrogens (tertiary/aromatic N) is 8. The maximum atomic E-state index is 5.53. The van der Waals surface area contributed by atoms with Crippen LogP contribution in [0.4, 0.5) is 5.82 Å². The van der Waals surface area contributed by atoms with Crippen molar-refractivity contribution >= 4 is 5.82 Å². The zero-order valence-electron chi connectivity index (χ0n) is 17.4. The maximum Gasteiger partial charge on any atom is 0.237 e. The Balaban J connectivity index is 1.53. The van der Waals surface area contributed by atoms with Crippen LogP contribution in [0.1, 0.15) is 31.0 Å². The van der Waals surface area contributed by atoms with E-state index in [1.165, 1.54) is 0 Å². The van der Waals surface area contributed by atoms with Crippen molar-refractivity contribution in [2.24, 2.45) is 0 Å². The van der Waals surface area contributed by atoms with Gasteiger partial charge in [0.15, 0.2) is 11.6 Å². The van der Waals surface area contributed by atoms with Gasteiger partial charge in [-0.1, -0.05) is 37.3 Å². The molecule has 9 nitrogen and oxygen atoms in total. The molecule has 1 aromatic carbocycles. The van der Waals surface area contributed by atoms with Crippen molar-refractivity contribution in [2.45, 2.75) is 32.4 Å². The van der Waals surface area contributed by atoms with E-state index in [0.29, 0.717) is 19.2 Å². The Morgan fingerprint density at radius 3 is 2.68 bits per heavy atom. The van der Waals surface area contributed by atoms with E-state index in [0.717, 1.165) is 41.0 Å². The number of aromatic nitrogens is 7. The van der Waals surface area contributed by atoms with E-state index in [4.69, 9.17) is 14.7 Å². The van der Waals surface area contributed by atoms with Gasteiger partial charge in [0.05, 0.1) is 31.5 Å². The van der Waals surface area contributed by atoms with Crippen LogP contribution in [0.15, 0.2) is 48.9 Å². The SMILES string of the molecule is CC[C@@H]1c2nnc(C)n2-c2cnc(-n3ccnc3-c3ccccc3)nc2N1C1COC1. The van der Waals surface area contributed by atoms with Gasteiger partial charge in [-0.25, -0.2) is 9.97 Å². The topological polar surface area (TPSA) is 86.8 Å². The number of hydrogen-bond donors (Lipinski definition) is 0. The second-order valence-electron chi connectivity index (χ2n) is 7.83. The van der Waals surface area contributed by atoms with Gasteiger partial charge in [-0.2, -0.15) is 4.98 Å². The molecule has 0 spiro atoms. The summed E-state index contributed by atoms with van der Waals surface area (Å²) in [6.45, 7) is 5.50. The highest BCUT2D eigenvalue weighted by molar-refractivity contribution is 5.64. The minimum absolute atomic E-state index is 0.0849. The first-order chi connectivity index (χ1) is 15.3. The smallest absolute Gasteiger partial charge is 0.237 e. The molecule has 6 rings (SSSR count). The van der Waals surface area contributed by atoms with Gasteiger partial charge < -0.3 is 9.64 Å². The lowest BCUT2D eigenvalue weighted by Crippen LogP contribution is -2.53. The molecule has 1 atom stereocenters. The Labute approximate surface area is 179 Å². The Morgan fingerprint density at radius 1 is 1.10 bits per heavy atom. The van der Waals surface area contributed by atoms with E-state index in [-0.39, 0.29) is 12.1 Å². The highest BCUT2D eigenvalue weighted by Crippen LogP contribution is 2.41. The fraction of sp³-hybridized carbons (Fsp3) is 0.318. The summed E-state index contributed by atoms with van der Waals surface area (Å²) in [4.78, 5) is 16.6. The standard InChI is InChI=1S/C22H22N8O/c1-3-17-21-27-26-14(2)29(21)18-11-24-22(25-20(18)30(17)16-12-31-13-16)28-10-9-23-19(28)15-7-5-4-6-8-15/h4-11,16-17H,3,12-13H2,1-2H3/t17-/m1/s1. The third-order valence-electron chi connectivity index (χ3n) is 6.00. The number of ether oxygens (including phenoxy) is 1. The summed E-state index contributed by atoms with van der Waals surface area (Å²) < 4.78 is 9.54. The number of benzene rings is 1. The van der Waals surface area contributed by atoms with Gasteiger partial charge in [0.25, 0.3) is 0 Å². The first-order valence-corrected chi connectivity index (χ1v) is 10.5. The minimum atomic E-state index is 0.0849. The Kier molecular flexibility index (Phi) is 4.10. The average molecular weight is 414 g/mol. The van der Waals surface area contributed by atoms with Crippen molar-refractivity contribution in [1.29, 1.82) is 0 Å². The first-order valence-electron chi connectivity index (χ1n) is 10.5. The molecule has 1 saturated heterocycles. The largest absolute Gasteiger partial charge is 0.377 e. The molecule has 2 aliphatic heterocycles. The van der Waals surface area contributed by atoms with Gasteiger partial charge >= 0.3 is 0 Å². The molecule has 5 heterocycles. The predicted molar refractivity (Wildman–Crippen MR) is 114 cm³/mol. The summed E-state index contributed by atoms with van der Waals surface area (Å²) in [6.07, 6.45) is 6.44. The second-order valence-corrected chi connectivity index (χ2v) is 7.83. The lowest BCUT2D eigenvalue weighted by molar-refractivity contribution is 0.00338. The van der Waals surface area contributed by atoms with Crippen LogP contribution in [0.5, 0.6) is 0 Å². The molecule has 3 aromatic heterocycles. The molecular formula is C22H22N8O. The molecule has 4 aromatic rings. The van der Waals surface area contributed by atoms with Crippen LogP contribution < -0.4 is 4.90 Å². The lowest BCUT2D eigenvalue weighted by atomic mass is 10.0. The van der Waals surface area contributed by atoms with Crippen molar-refractivity contribution in [2.75, 3.05) is 18.1 Å². The van der Waals surface area contributed by atoms with Crippen LogP contribution in [0.25, 0.3) is 23.0 Å². The third kappa shape index (κ3) is 2.70. The lowest BCUT2D eigenvalue weighted by Gasteiger charge is -2.45. The van der Waals surface area contributed by atoms with Crippen LogP contribution in [0.3, 0.4) is 0 Å². The summed E-state index contributed by atoms with van der Waals surface area (Å²) in [5.41, 5.74) is 1.92. The molecule has 0 aliphatic carbocycles. The van der Waals surface area contributed by atoms with Gasteiger partial charge in [0.2, 0.25) is 5.95 Å². The fourth-order valence-corrected chi connectivity index (χ4v) is 4.44. The van der Waals surface area contributed by atoms with Crippen LogP contribution in [-0.2, 0) is 4.74 Å². The van der Waals surface area contributed by atoms with Crippen LogP contribution >= 0.6 is 0 Å². The normalized spacial score (nSPS) is 17.9. The molecule has 1 fully saturated rings.